The van der Waals surface area contributed by atoms with E-state index in [9.17, 15) is 0 Å². The van der Waals surface area contributed by atoms with Crippen LogP contribution in [0.1, 0.15) is 23.1 Å². The summed E-state index contributed by atoms with van der Waals surface area (Å²) < 4.78 is 20.0. The van der Waals surface area contributed by atoms with Crippen molar-refractivity contribution in [1.82, 2.24) is 0 Å². The van der Waals surface area contributed by atoms with Gasteiger partial charge in [0.15, 0.2) is 0 Å². The SMILES string of the molecule is C=CCC12CO[P](C(c3ccccc3)(c3ccccc3)c3ccccc3)(OC1)OC2. The van der Waals surface area contributed by atoms with E-state index in [2.05, 4.69) is 79.4 Å². The van der Waals surface area contributed by atoms with E-state index in [1.807, 2.05) is 24.3 Å². The lowest BCUT2D eigenvalue weighted by Crippen LogP contribution is -2.51. The first-order valence-corrected chi connectivity index (χ1v) is 11.9. The van der Waals surface area contributed by atoms with Crippen LogP contribution in [0.15, 0.2) is 104 Å². The van der Waals surface area contributed by atoms with Gasteiger partial charge in [-0.15, -0.1) is 6.58 Å². The average Bonchev–Trinajstić information content (AvgIpc) is 2.83. The Morgan fingerprint density at radius 3 is 1.40 bits per heavy atom. The topological polar surface area (TPSA) is 27.7 Å². The third-order valence-corrected chi connectivity index (χ3v) is 9.19. The van der Waals surface area contributed by atoms with Gasteiger partial charge in [-0.2, -0.15) is 0 Å². The molecule has 3 aromatic carbocycles. The maximum absolute atomic E-state index is 6.67. The molecule has 1 radical (unpaired) electrons. The number of fused-ring (bicyclic) bond motifs is 3. The third kappa shape index (κ3) is 2.89. The maximum Gasteiger partial charge on any atom is 0.253 e. The zero-order valence-corrected chi connectivity index (χ0v) is 17.8. The van der Waals surface area contributed by atoms with Crippen molar-refractivity contribution < 1.29 is 13.6 Å². The number of rotatable bonds is 6. The van der Waals surface area contributed by atoms with E-state index in [1.165, 1.54) is 0 Å². The smallest absolute Gasteiger partial charge is 0.253 e. The average molecular weight is 417 g/mol. The van der Waals surface area contributed by atoms with Crippen LogP contribution in [-0.4, -0.2) is 19.8 Å². The van der Waals surface area contributed by atoms with E-state index >= 15 is 0 Å². The molecule has 3 aliphatic heterocycles. The summed E-state index contributed by atoms with van der Waals surface area (Å²) in [6.45, 7) is 5.79. The van der Waals surface area contributed by atoms with Crippen LogP contribution in [0.2, 0.25) is 0 Å². The van der Waals surface area contributed by atoms with Crippen molar-refractivity contribution >= 4 is 7.94 Å². The molecule has 0 unspecified atom stereocenters. The summed E-state index contributed by atoms with van der Waals surface area (Å²) in [5, 5.41) is -0.669. The number of allylic oxidation sites excluding steroid dienone is 1. The first-order chi connectivity index (χ1) is 14.7. The monoisotopic (exact) mass is 417 g/mol. The first kappa shape index (κ1) is 19.7. The normalized spacial score (nSPS) is 25.7. The van der Waals surface area contributed by atoms with Gasteiger partial charge in [-0.25, -0.2) is 0 Å². The highest BCUT2D eigenvalue weighted by molar-refractivity contribution is 7.63. The molecular weight excluding hydrogens is 391 g/mol. The fourth-order valence-electron chi connectivity index (χ4n) is 4.69. The molecule has 3 fully saturated rings. The Balaban J connectivity index is 1.77. The van der Waals surface area contributed by atoms with Gasteiger partial charge in [0.25, 0.3) is 7.94 Å². The Labute approximate surface area is 178 Å². The molecular formula is C26H26O3P. The van der Waals surface area contributed by atoms with E-state index < -0.39 is 13.1 Å². The Morgan fingerprint density at radius 1 is 0.700 bits per heavy atom. The van der Waals surface area contributed by atoms with Gasteiger partial charge in [0.05, 0.1) is 19.8 Å². The van der Waals surface area contributed by atoms with Crippen LogP contribution < -0.4 is 0 Å². The highest BCUT2D eigenvalue weighted by Crippen LogP contribution is 2.83. The molecule has 3 saturated heterocycles. The second-order valence-corrected chi connectivity index (χ2v) is 10.6. The van der Waals surface area contributed by atoms with Crippen LogP contribution in [0.4, 0.5) is 0 Å². The summed E-state index contributed by atoms with van der Waals surface area (Å²) in [4.78, 5) is 0. The fraction of sp³-hybridized carbons (Fsp3) is 0.231. The largest absolute Gasteiger partial charge is 0.318 e. The minimum Gasteiger partial charge on any atom is -0.318 e. The lowest BCUT2D eigenvalue weighted by molar-refractivity contribution is -0.0898. The summed E-state index contributed by atoms with van der Waals surface area (Å²) in [7, 11) is -2.81. The Morgan fingerprint density at radius 2 is 1.07 bits per heavy atom. The molecule has 2 bridgehead atoms. The van der Waals surface area contributed by atoms with Crippen molar-refractivity contribution in [3.05, 3.63) is 120 Å². The molecule has 3 aromatic rings. The van der Waals surface area contributed by atoms with E-state index in [1.54, 1.807) is 0 Å². The summed E-state index contributed by atoms with van der Waals surface area (Å²) in [5.41, 5.74) is 3.22. The molecule has 0 atom stereocenters. The molecule has 153 valence electrons. The van der Waals surface area contributed by atoms with Gasteiger partial charge < -0.3 is 13.6 Å². The van der Waals surface area contributed by atoms with Crippen molar-refractivity contribution in [2.75, 3.05) is 19.8 Å². The molecule has 0 aliphatic carbocycles. The molecule has 4 heteroatoms. The van der Waals surface area contributed by atoms with Gasteiger partial charge in [-0.05, 0) is 23.1 Å². The molecule has 30 heavy (non-hydrogen) atoms. The zero-order chi connectivity index (χ0) is 20.5. The molecule has 3 heterocycles. The van der Waals surface area contributed by atoms with Crippen LogP contribution in [0, 0.1) is 5.41 Å². The molecule has 0 amide bonds. The van der Waals surface area contributed by atoms with Crippen molar-refractivity contribution in [3.8, 4) is 0 Å². The highest BCUT2D eigenvalue weighted by Gasteiger charge is 2.64. The van der Waals surface area contributed by atoms with Crippen LogP contribution in [0.5, 0.6) is 0 Å². The second kappa shape index (κ2) is 7.76. The lowest BCUT2D eigenvalue weighted by Gasteiger charge is -2.59. The molecule has 0 saturated carbocycles. The predicted octanol–water partition coefficient (Wildman–Crippen LogP) is 6.38. The van der Waals surface area contributed by atoms with Crippen molar-refractivity contribution in [2.45, 2.75) is 11.6 Å². The van der Waals surface area contributed by atoms with Gasteiger partial charge in [0.2, 0.25) is 0 Å². The standard InChI is InChI=1S/C26H26O3P/c1-2-18-25-19-27-30(28-20-25,29-21-25)26(22-12-6-3-7-13-22,23-14-8-4-9-15-23)24-16-10-5-11-17-24/h2-17H,1,18-21H2. The molecule has 3 nitrogen and oxygen atoms in total. The maximum atomic E-state index is 6.67. The highest BCUT2D eigenvalue weighted by atomic mass is 31.2. The Hall–Kier alpha value is -2.29. The van der Waals surface area contributed by atoms with Crippen LogP contribution in [0.25, 0.3) is 0 Å². The molecule has 3 aliphatic rings. The molecule has 0 aromatic heterocycles. The third-order valence-electron chi connectivity index (χ3n) is 6.18. The predicted molar refractivity (Wildman–Crippen MR) is 121 cm³/mol. The second-order valence-electron chi connectivity index (χ2n) is 8.12. The van der Waals surface area contributed by atoms with Crippen molar-refractivity contribution in [3.63, 3.8) is 0 Å². The van der Waals surface area contributed by atoms with Gasteiger partial charge in [0, 0.05) is 5.41 Å². The Bertz CT molecular complexity index is 883. The van der Waals surface area contributed by atoms with E-state index in [0.29, 0.717) is 19.8 Å². The quantitative estimate of drug-likeness (QED) is 0.265. The van der Waals surface area contributed by atoms with Crippen LogP contribution in [-0.2, 0) is 18.7 Å². The summed E-state index contributed by atoms with van der Waals surface area (Å²) in [6, 6.07) is 31.5. The fourth-order valence-corrected chi connectivity index (χ4v) is 8.22. The minimum atomic E-state index is -2.81. The number of benzene rings is 3. The minimum absolute atomic E-state index is 0.140. The molecule has 0 spiro atoms. The van der Waals surface area contributed by atoms with Gasteiger partial charge in [-0.3, -0.25) is 0 Å². The van der Waals surface area contributed by atoms with E-state index in [0.717, 1.165) is 23.1 Å². The summed E-state index contributed by atoms with van der Waals surface area (Å²) in [6.07, 6.45) is 2.76. The molecule has 0 N–H and O–H groups in total. The Kier molecular flexibility index (Phi) is 5.08. The first-order valence-electron chi connectivity index (χ1n) is 10.4. The van der Waals surface area contributed by atoms with Crippen molar-refractivity contribution in [1.29, 1.82) is 0 Å². The summed E-state index contributed by atoms with van der Waals surface area (Å²) in [5.74, 6) is 0. The van der Waals surface area contributed by atoms with Gasteiger partial charge in [0.1, 0.15) is 5.16 Å². The zero-order valence-electron chi connectivity index (χ0n) is 16.9. The summed E-state index contributed by atoms with van der Waals surface area (Å²) >= 11 is 0. The van der Waals surface area contributed by atoms with E-state index in [-0.39, 0.29) is 5.41 Å². The van der Waals surface area contributed by atoms with Gasteiger partial charge in [-0.1, -0.05) is 97.1 Å². The number of hydrogen-bond acceptors (Lipinski definition) is 3. The van der Waals surface area contributed by atoms with Crippen molar-refractivity contribution in [2.24, 2.45) is 5.41 Å². The molecule has 6 rings (SSSR count). The van der Waals surface area contributed by atoms with E-state index in [4.69, 9.17) is 13.6 Å². The number of hydrogen-bond donors (Lipinski definition) is 0. The lowest BCUT2D eigenvalue weighted by atomic mass is 9.84. The van der Waals surface area contributed by atoms with Crippen LogP contribution >= 0.6 is 7.94 Å². The van der Waals surface area contributed by atoms with Crippen LogP contribution in [0.3, 0.4) is 0 Å². The van der Waals surface area contributed by atoms with Gasteiger partial charge >= 0.3 is 0 Å².